The number of methoxy groups -OCH3 is 1. The van der Waals surface area contributed by atoms with Crippen LogP contribution in [0.2, 0.25) is 5.02 Å². The lowest BCUT2D eigenvalue weighted by Crippen LogP contribution is -2.48. The SMILES string of the molecule is CCc1ccc(Cc2csc(N3CCN(S(=O)(=O)c4cc(Cl)ccc4OC)CC3)n2)cc1. The lowest BCUT2D eigenvalue weighted by atomic mass is 10.1. The summed E-state index contributed by atoms with van der Waals surface area (Å²) in [7, 11) is -2.24. The molecule has 32 heavy (non-hydrogen) atoms. The van der Waals surface area contributed by atoms with Crippen molar-refractivity contribution in [3.63, 3.8) is 0 Å². The van der Waals surface area contributed by atoms with Gasteiger partial charge < -0.3 is 9.64 Å². The van der Waals surface area contributed by atoms with Crippen molar-refractivity contribution in [2.24, 2.45) is 0 Å². The topological polar surface area (TPSA) is 62.7 Å². The van der Waals surface area contributed by atoms with Crippen LogP contribution in [-0.4, -0.2) is 51.0 Å². The molecule has 0 spiro atoms. The van der Waals surface area contributed by atoms with Crippen LogP contribution in [0.15, 0.2) is 52.7 Å². The Hall–Kier alpha value is -2.13. The largest absolute Gasteiger partial charge is 0.495 e. The first-order chi connectivity index (χ1) is 15.4. The van der Waals surface area contributed by atoms with E-state index in [1.807, 2.05) is 0 Å². The van der Waals surface area contributed by atoms with Crippen LogP contribution in [0, 0.1) is 0 Å². The second kappa shape index (κ2) is 9.79. The zero-order valence-corrected chi connectivity index (χ0v) is 20.5. The average molecular weight is 492 g/mol. The minimum atomic E-state index is -3.69. The minimum absolute atomic E-state index is 0.103. The van der Waals surface area contributed by atoms with Crippen molar-refractivity contribution in [2.75, 3.05) is 38.2 Å². The highest BCUT2D eigenvalue weighted by Crippen LogP contribution is 2.31. The number of nitrogens with zero attached hydrogens (tertiary/aromatic N) is 3. The number of halogens is 1. The quantitative estimate of drug-likeness (QED) is 0.488. The summed E-state index contributed by atoms with van der Waals surface area (Å²) >= 11 is 7.65. The molecule has 0 bridgehead atoms. The maximum atomic E-state index is 13.2. The van der Waals surface area contributed by atoms with Gasteiger partial charge in [-0.2, -0.15) is 4.31 Å². The molecule has 1 aliphatic heterocycles. The van der Waals surface area contributed by atoms with E-state index in [2.05, 4.69) is 41.5 Å². The first-order valence-electron chi connectivity index (χ1n) is 10.5. The Morgan fingerprint density at radius 3 is 2.41 bits per heavy atom. The fraction of sp³-hybridized carbons (Fsp3) is 0.348. The van der Waals surface area contributed by atoms with Gasteiger partial charge in [0.05, 0.1) is 12.8 Å². The van der Waals surface area contributed by atoms with Crippen molar-refractivity contribution < 1.29 is 13.2 Å². The molecule has 0 N–H and O–H groups in total. The first-order valence-corrected chi connectivity index (χ1v) is 13.2. The molecule has 2 aromatic carbocycles. The number of ether oxygens (including phenoxy) is 1. The van der Waals surface area contributed by atoms with Crippen molar-refractivity contribution in [1.29, 1.82) is 0 Å². The molecular weight excluding hydrogens is 466 g/mol. The molecule has 1 fully saturated rings. The Morgan fingerprint density at radius 2 is 1.75 bits per heavy atom. The van der Waals surface area contributed by atoms with Gasteiger partial charge in [0.25, 0.3) is 0 Å². The van der Waals surface area contributed by atoms with Gasteiger partial charge in [0.15, 0.2) is 5.13 Å². The number of aromatic nitrogens is 1. The van der Waals surface area contributed by atoms with Crippen LogP contribution in [0.5, 0.6) is 5.75 Å². The molecule has 0 unspecified atom stereocenters. The fourth-order valence-electron chi connectivity index (χ4n) is 3.74. The standard InChI is InChI=1S/C23H26ClN3O3S2/c1-3-17-4-6-18(7-5-17)14-20-16-31-23(25-20)26-10-12-27(13-11-26)32(28,29)22-15-19(24)8-9-21(22)30-2/h4-9,15-16H,3,10-14H2,1-2H3. The number of piperazine rings is 1. The van der Waals surface area contributed by atoms with Crippen molar-refractivity contribution in [3.8, 4) is 5.75 Å². The van der Waals surface area contributed by atoms with Crippen LogP contribution in [-0.2, 0) is 22.9 Å². The third-order valence-corrected chi connectivity index (χ3v) is 8.71. The molecule has 0 radical (unpaired) electrons. The monoisotopic (exact) mass is 491 g/mol. The summed E-state index contributed by atoms with van der Waals surface area (Å²) in [5.74, 6) is 0.299. The van der Waals surface area contributed by atoms with Gasteiger partial charge in [0.2, 0.25) is 10.0 Å². The number of thiazole rings is 1. The molecular formula is C23H26ClN3O3S2. The summed E-state index contributed by atoms with van der Waals surface area (Å²) in [5, 5.41) is 3.38. The summed E-state index contributed by atoms with van der Waals surface area (Å²) in [6, 6.07) is 13.3. The molecule has 2 heterocycles. The Labute approximate surface area is 198 Å². The minimum Gasteiger partial charge on any atom is -0.495 e. The molecule has 9 heteroatoms. The Morgan fingerprint density at radius 1 is 1.06 bits per heavy atom. The van der Waals surface area contributed by atoms with Gasteiger partial charge in [0.1, 0.15) is 10.6 Å². The molecule has 3 aromatic rings. The summed E-state index contributed by atoms with van der Waals surface area (Å²) in [4.78, 5) is 7.05. The summed E-state index contributed by atoms with van der Waals surface area (Å²) < 4.78 is 33.1. The van der Waals surface area contributed by atoms with Crippen molar-refractivity contribution in [3.05, 3.63) is 69.7 Å². The summed E-state index contributed by atoms with van der Waals surface area (Å²) in [6.07, 6.45) is 1.83. The van der Waals surface area contributed by atoms with Gasteiger partial charge in [-0.3, -0.25) is 0 Å². The van der Waals surface area contributed by atoms with Crippen LogP contribution in [0.3, 0.4) is 0 Å². The van der Waals surface area contributed by atoms with Gasteiger partial charge in [-0.1, -0.05) is 42.8 Å². The third kappa shape index (κ3) is 4.93. The normalized spacial score (nSPS) is 15.2. The van der Waals surface area contributed by atoms with Crippen molar-refractivity contribution in [2.45, 2.75) is 24.7 Å². The first kappa shape index (κ1) is 23.0. The van der Waals surface area contributed by atoms with Gasteiger partial charge >= 0.3 is 0 Å². The van der Waals surface area contributed by atoms with E-state index in [0.717, 1.165) is 23.7 Å². The molecule has 0 atom stereocenters. The second-order valence-corrected chi connectivity index (χ2v) is 10.8. The van der Waals surface area contributed by atoms with E-state index in [9.17, 15) is 8.42 Å². The van der Waals surface area contributed by atoms with E-state index in [4.69, 9.17) is 21.3 Å². The predicted octanol–water partition coefficient (Wildman–Crippen LogP) is 4.47. The molecule has 1 saturated heterocycles. The van der Waals surface area contributed by atoms with E-state index in [-0.39, 0.29) is 4.90 Å². The summed E-state index contributed by atoms with van der Waals surface area (Å²) in [6.45, 7) is 4.08. The molecule has 4 rings (SSSR count). The molecule has 6 nitrogen and oxygen atoms in total. The van der Waals surface area contributed by atoms with Gasteiger partial charge in [0, 0.05) is 43.0 Å². The van der Waals surface area contributed by atoms with Crippen LogP contribution < -0.4 is 9.64 Å². The van der Waals surface area contributed by atoms with Crippen LogP contribution in [0.1, 0.15) is 23.7 Å². The summed E-state index contributed by atoms with van der Waals surface area (Å²) in [5.41, 5.74) is 3.61. The predicted molar refractivity (Wildman–Crippen MR) is 130 cm³/mol. The lowest BCUT2D eigenvalue weighted by molar-refractivity contribution is 0.374. The molecule has 0 amide bonds. The second-order valence-electron chi connectivity index (χ2n) is 7.65. The Balaban J connectivity index is 1.41. The Kier molecular flexibility index (Phi) is 7.05. The van der Waals surface area contributed by atoms with E-state index in [1.165, 1.54) is 28.6 Å². The highest BCUT2D eigenvalue weighted by molar-refractivity contribution is 7.89. The number of hydrogen-bond acceptors (Lipinski definition) is 6. The number of anilines is 1. The zero-order chi connectivity index (χ0) is 22.7. The Bertz CT molecular complexity index is 1170. The van der Waals surface area contributed by atoms with Crippen molar-refractivity contribution >= 4 is 38.1 Å². The highest BCUT2D eigenvalue weighted by Gasteiger charge is 2.31. The van der Waals surface area contributed by atoms with Crippen LogP contribution >= 0.6 is 22.9 Å². The molecule has 170 valence electrons. The molecule has 1 aromatic heterocycles. The maximum Gasteiger partial charge on any atom is 0.246 e. The molecule has 1 aliphatic rings. The van der Waals surface area contributed by atoms with E-state index < -0.39 is 10.0 Å². The average Bonchev–Trinajstić information content (AvgIpc) is 3.28. The van der Waals surface area contributed by atoms with E-state index in [1.54, 1.807) is 23.5 Å². The van der Waals surface area contributed by atoms with Gasteiger partial charge in [-0.05, 0) is 35.7 Å². The molecule has 0 aliphatic carbocycles. The number of sulfonamides is 1. The van der Waals surface area contributed by atoms with Crippen LogP contribution in [0.25, 0.3) is 0 Å². The number of hydrogen-bond donors (Lipinski definition) is 0. The number of rotatable bonds is 7. The maximum absolute atomic E-state index is 13.2. The fourth-order valence-corrected chi connectivity index (χ4v) is 6.46. The van der Waals surface area contributed by atoms with Gasteiger partial charge in [-0.15, -0.1) is 11.3 Å². The smallest absolute Gasteiger partial charge is 0.246 e. The van der Waals surface area contributed by atoms with E-state index in [0.29, 0.717) is 37.0 Å². The molecule has 0 saturated carbocycles. The van der Waals surface area contributed by atoms with Gasteiger partial charge in [-0.25, -0.2) is 13.4 Å². The zero-order valence-electron chi connectivity index (χ0n) is 18.1. The third-order valence-electron chi connectivity index (χ3n) is 5.61. The number of benzene rings is 2. The van der Waals surface area contributed by atoms with Crippen LogP contribution in [0.4, 0.5) is 5.13 Å². The number of aryl methyl sites for hydroxylation is 1. The van der Waals surface area contributed by atoms with E-state index >= 15 is 0 Å². The lowest BCUT2D eigenvalue weighted by Gasteiger charge is -2.34. The van der Waals surface area contributed by atoms with Crippen molar-refractivity contribution in [1.82, 2.24) is 9.29 Å². The highest BCUT2D eigenvalue weighted by atomic mass is 35.5.